The monoisotopic (exact) mass is 289 g/mol. The molecule has 114 valence electrons. The number of hydrogen-bond acceptors (Lipinski definition) is 2. The summed E-state index contributed by atoms with van der Waals surface area (Å²) in [6.45, 7) is 4.18. The second-order valence-electron chi connectivity index (χ2n) is 6.13. The zero-order valence-corrected chi connectivity index (χ0v) is 12.6. The first-order chi connectivity index (χ1) is 9.99. The molecule has 0 spiro atoms. The Morgan fingerprint density at radius 3 is 2.52 bits per heavy atom. The van der Waals surface area contributed by atoms with Crippen LogP contribution < -0.4 is 5.32 Å². The Morgan fingerprint density at radius 2 is 1.86 bits per heavy atom. The molecule has 2 rings (SSSR count). The Hall–Kier alpha value is -1.84. The molecule has 0 radical (unpaired) electrons. The van der Waals surface area contributed by atoms with Crippen LogP contribution >= 0.6 is 0 Å². The third-order valence-electron chi connectivity index (χ3n) is 4.23. The maximum Gasteiger partial charge on any atom is 0.306 e. The fraction of sp³-hybridized carbons (Fsp3) is 0.529. The molecule has 4 nitrogen and oxygen atoms in total. The lowest BCUT2D eigenvalue weighted by Crippen LogP contribution is -2.31. The Bertz CT molecular complexity index is 525. The van der Waals surface area contributed by atoms with E-state index >= 15 is 0 Å². The normalized spacial score (nSPS) is 22.0. The topological polar surface area (TPSA) is 66.4 Å². The molecule has 0 aromatic heterocycles. The Balaban J connectivity index is 2.06. The summed E-state index contributed by atoms with van der Waals surface area (Å²) in [5, 5.41) is 12.1. The average Bonchev–Trinajstić information content (AvgIpc) is 2.47. The van der Waals surface area contributed by atoms with E-state index in [1.807, 2.05) is 24.3 Å². The minimum absolute atomic E-state index is 0.0472. The number of amides is 1. The number of carbonyl (C=O) groups is 2. The number of aliphatic carboxylic acids is 1. The van der Waals surface area contributed by atoms with Crippen molar-refractivity contribution in [3.05, 3.63) is 29.8 Å². The number of carbonyl (C=O) groups excluding carboxylic acids is 1. The van der Waals surface area contributed by atoms with Gasteiger partial charge < -0.3 is 10.4 Å². The van der Waals surface area contributed by atoms with Crippen LogP contribution in [0, 0.1) is 11.8 Å². The smallest absolute Gasteiger partial charge is 0.306 e. The molecule has 0 saturated heterocycles. The molecule has 0 bridgehead atoms. The molecule has 0 heterocycles. The van der Waals surface area contributed by atoms with E-state index in [2.05, 4.69) is 19.2 Å². The first-order valence-corrected chi connectivity index (χ1v) is 7.61. The lowest BCUT2D eigenvalue weighted by molar-refractivity contribution is -0.143. The van der Waals surface area contributed by atoms with Crippen LogP contribution in [0.2, 0.25) is 0 Å². The Labute approximate surface area is 125 Å². The summed E-state index contributed by atoms with van der Waals surface area (Å²) in [6, 6.07) is 7.79. The van der Waals surface area contributed by atoms with E-state index in [9.17, 15) is 9.59 Å². The number of nitrogens with one attached hydrogen (secondary N) is 1. The molecule has 1 aliphatic rings. The first kappa shape index (κ1) is 15.5. The average molecular weight is 289 g/mol. The van der Waals surface area contributed by atoms with Gasteiger partial charge in [-0.15, -0.1) is 0 Å². The number of rotatable bonds is 4. The number of carboxylic acid groups (broad SMARTS) is 1. The SMILES string of the molecule is CC(C)c1ccccc1NC(=O)C1CCCC(C(=O)O)C1. The molecule has 4 heteroatoms. The van der Waals surface area contributed by atoms with E-state index in [0.717, 1.165) is 24.1 Å². The van der Waals surface area contributed by atoms with Crippen LogP contribution in [-0.2, 0) is 9.59 Å². The predicted molar refractivity (Wildman–Crippen MR) is 82.2 cm³/mol. The van der Waals surface area contributed by atoms with Gasteiger partial charge in [-0.05, 0) is 36.8 Å². The fourth-order valence-electron chi connectivity index (χ4n) is 3.00. The highest BCUT2D eigenvalue weighted by Crippen LogP contribution is 2.31. The van der Waals surface area contributed by atoms with Crippen molar-refractivity contribution in [3.8, 4) is 0 Å². The van der Waals surface area contributed by atoms with Crippen molar-refractivity contribution in [2.45, 2.75) is 45.4 Å². The van der Waals surface area contributed by atoms with Gasteiger partial charge in [0.25, 0.3) is 0 Å². The number of carboxylic acids is 1. The van der Waals surface area contributed by atoms with Crippen molar-refractivity contribution in [3.63, 3.8) is 0 Å². The second-order valence-corrected chi connectivity index (χ2v) is 6.13. The molecule has 21 heavy (non-hydrogen) atoms. The summed E-state index contributed by atoms with van der Waals surface area (Å²) in [5.74, 6) is -1.07. The highest BCUT2D eigenvalue weighted by Gasteiger charge is 2.31. The Kier molecular flexibility index (Phi) is 4.99. The van der Waals surface area contributed by atoms with Crippen LogP contribution in [0.3, 0.4) is 0 Å². The van der Waals surface area contributed by atoms with E-state index in [1.165, 1.54) is 0 Å². The van der Waals surface area contributed by atoms with Crippen LogP contribution in [0.1, 0.15) is 51.0 Å². The number of anilines is 1. The van der Waals surface area contributed by atoms with Crippen molar-refractivity contribution < 1.29 is 14.7 Å². The van der Waals surface area contributed by atoms with Crippen molar-refractivity contribution in [2.24, 2.45) is 11.8 Å². The van der Waals surface area contributed by atoms with Crippen LogP contribution in [0.25, 0.3) is 0 Å². The molecule has 2 N–H and O–H groups in total. The van der Waals surface area contributed by atoms with Crippen LogP contribution in [-0.4, -0.2) is 17.0 Å². The summed E-state index contributed by atoms with van der Waals surface area (Å²) in [5.41, 5.74) is 1.95. The molecule has 2 atom stereocenters. The maximum atomic E-state index is 12.4. The molecule has 1 fully saturated rings. The largest absolute Gasteiger partial charge is 0.481 e. The molecule has 1 aromatic rings. The summed E-state index contributed by atoms with van der Waals surface area (Å²) in [7, 11) is 0. The van der Waals surface area contributed by atoms with Crippen molar-refractivity contribution >= 4 is 17.6 Å². The predicted octanol–water partition coefficient (Wildman–Crippen LogP) is 3.64. The fourth-order valence-corrected chi connectivity index (χ4v) is 3.00. The molecule has 0 aliphatic heterocycles. The molecule has 1 amide bonds. The molecule has 2 unspecified atom stereocenters. The molecular formula is C17H23NO3. The molecule has 1 aliphatic carbocycles. The van der Waals surface area contributed by atoms with Crippen LogP contribution in [0.4, 0.5) is 5.69 Å². The summed E-state index contributed by atoms with van der Waals surface area (Å²) >= 11 is 0. The second kappa shape index (κ2) is 6.74. The third-order valence-corrected chi connectivity index (χ3v) is 4.23. The van der Waals surface area contributed by atoms with E-state index in [0.29, 0.717) is 18.8 Å². The quantitative estimate of drug-likeness (QED) is 0.889. The standard InChI is InChI=1S/C17H23NO3/c1-11(2)14-8-3-4-9-15(14)18-16(19)12-6-5-7-13(10-12)17(20)21/h3-4,8-9,11-13H,5-7,10H2,1-2H3,(H,18,19)(H,20,21). The first-order valence-electron chi connectivity index (χ1n) is 7.61. The maximum absolute atomic E-state index is 12.4. The van der Waals surface area contributed by atoms with E-state index in [4.69, 9.17) is 5.11 Å². The van der Waals surface area contributed by atoms with Crippen LogP contribution in [0.5, 0.6) is 0 Å². The van der Waals surface area contributed by atoms with Gasteiger partial charge in [-0.2, -0.15) is 0 Å². The van der Waals surface area contributed by atoms with Crippen molar-refractivity contribution in [1.82, 2.24) is 0 Å². The third kappa shape index (κ3) is 3.84. The van der Waals surface area contributed by atoms with Gasteiger partial charge in [0.2, 0.25) is 5.91 Å². The number of benzene rings is 1. The van der Waals surface area contributed by atoms with Gasteiger partial charge >= 0.3 is 5.97 Å². The summed E-state index contributed by atoms with van der Waals surface area (Å²) < 4.78 is 0. The zero-order chi connectivity index (χ0) is 15.4. The van der Waals surface area contributed by atoms with E-state index < -0.39 is 5.97 Å². The highest BCUT2D eigenvalue weighted by molar-refractivity contribution is 5.93. The van der Waals surface area contributed by atoms with Gasteiger partial charge in [0.05, 0.1) is 5.92 Å². The van der Waals surface area contributed by atoms with Crippen molar-refractivity contribution in [2.75, 3.05) is 5.32 Å². The van der Waals surface area contributed by atoms with E-state index in [-0.39, 0.29) is 17.7 Å². The van der Waals surface area contributed by atoms with Gasteiger partial charge in [-0.1, -0.05) is 38.5 Å². The number of hydrogen-bond donors (Lipinski definition) is 2. The van der Waals surface area contributed by atoms with Crippen LogP contribution in [0.15, 0.2) is 24.3 Å². The summed E-state index contributed by atoms with van der Waals surface area (Å²) in [4.78, 5) is 23.5. The van der Waals surface area contributed by atoms with Gasteiger partial charge in [-0.3, -0.25) is 9.59 Å². The minimum atomic E-state index is -0.782. The lowest BCUT2D eigenvalue weighted by Gasteiger charge is -2.26. The van der Waals surface area contributed by atoms with Gasteiger partial charge in [0.15, 0.2) is 0 Å². The Morgan fingerprint density at radius 1 is 1.19 bits per heavy atom. The van der Waals surface area contributed by atoms with Gasteiger partial charge in [0.1, 0.15) is 0 Å². The van der Waals surface area contributed by atoms with Crippen molar-refractivity contribution in [1.29, 1.82) is 0 Å². The summed E-state index contributed by atoms with van der Waals surface area (Å²) in [6.07, 6.45) is 2.72. The minimum Gasteiger partial charge on any atom is -0.481 e. The number of para-hydroxylation sites is 1. The van der Waals surface area contributed by atoms with Gasteiger partial charge in [-0.25, -0.2) is 0 Å². The molecule has 1 saturated carbocycles. The molecular weight excluding hydrogens is 266 g/mol. The highest BCUT2D eigenvalue weighted by atomic mass is 16.4. The molecule has 1 aromatic carbocycles. The lowest BCUT2D eigenvalue weighted by atomic mass is 9.81. The zero-order valence-electron chi connectivity index (χ0n) is 12.6. The van der Waals surface area contributed by atoms with E-state index in [1.54, 1.807) is 0 Å². The van der Waals surface area contributed by atoms with Gasteiger partial charge in [0, 0.05) is 11.6 Å².